The Morgan fingerprint density at radius 2 is 1.37 bits per heavy atom. The smallest absolute Gasteiger partial charge is 0.291 e. The largest absolute Gasteiger partial charge is 0.496 e. The fourth-order valence-electron chi connectivity index (χ4n) is 6.19. The average Bonchev–Trinajstić information content (AvgIpc) is 3.16. The maximum Gasteiger partial charge on any atom is 0.291 e. The van der Waals surface area contributed by atoms with Crippen LogP contribution in [-0.2, 0) is 19.4 Å². The van der Waals surface area contributed by atoms with Crippen LogP contribution in [0.3, 0.4) is 0 Å². The number of carbonyl (C=O) groups is 2. The molecular formula is C39H39N3O9. The van der Waals surface area contributed by atoms with E-state index in [4.69, 9.17) is 28.1 Å². The molecule has 264 valence electrons. The number of amides is 2. The highest BCUT2D eigenvalue weighted by atomic mass is 16.5. The van der Waals surface area contributed by atoms with Crippen LogP contribution in [-0.4, -0.2) is 65.4 Å². The van der Waals surface area contributed by atoms with Crippen LogP contribution in [0.25, 0.3) is 11.0 Å². The second kappa shape index (κ2) is 15.3. The number of fused-ring (bicyclic) bond motifs is 2. The minimum Gasteiger partial charge on any atom is -0.496 e. The van der Waals surface area contributed by atoms with Gasteiger partial charge in [-0.05, 0) is 72.0 Å². The molecule has 12 heteroatoms. The summed E-state index contributed by atoms with van der Waals surface area (Å²) < 4.78 is 32.9. The Kier molecular flexibility index (Phi) is 10.4. The summed E-state index contributed by atoms with van der Waals surface area (Å²) in [4.78, 5) is 42.4. The van der Waals surface area contributed by atoms with Crippen molar-refractivity contribution in [3.8, 4) is 28.7 Å². The predicted molar refractivity (Wildman–Crippen MR) is 193 cm³/mol. The number of methoxy groups -OCH3 is 5. The summed E-state index contributed by atoms with van der Waals surface area (Å²) in [6, 6.07) is 20.7. The average molecular weight is 694 g/mol. The molecule has 1 aromatic heterocycles. The SMILES string of the molecule is COc1cc2c(cc1OC)CN(CCc1ccc(NC(=O)c3cc(OC)c(OC)cc3NC(=O)c3cc(=O)c4c(OC)cccc4o3)cc1)CC2. The number of carbonyl (C=O) groups excluding carboxylic acids is 2. The molecule has 51 heavy (non-hydrogen) atoms. The molecule has 0 radical (unpaired) electrons. The summed E-state index contributed by atoms with van der Waals surface area (Å²) >= 11 is 0. The van der Waals surface area contributed by atoms with Crippen molar-refractivity contribution in [1.82, 2.24) is 4.90 Å². The van der Waals surface area contributed by atoms with E-state index >= 15 is 0 Å². The third kappa shape index (κ3) is 7.46. The lowest BCUT2D eigenvalue weighted by Crippen LogP contribution is -2.32. The molecule has 2 amide bonds. The molecule has 0 atom stereocenters. The van der Waals surface area contributed by atoms with Gasteiger partial charge in [0.25, 0.3) is 11.8 Å². The normalized spacial score (nSPS) is 12.5. The highest BCUT2D eigenvalue weighted by Gasteiger charge is 2.23. The third-order valence-corrected chi connectivity index (χ3v) is 8.90. The topological polar surface area (TPSA) is 138 Å². The molecule has 0 spiro atoms. The first-order valence-electron chi connectivity index (χ1n) is 16.3. The maximum atomic E-state index is 13.7. The number of ether oxygens (including phenoxy) is 5. The van der Waals surface area contributed by atoms with Crippen molar-refractivity contribution in [3.63, 3.8) is 0 Å². The lowest BCUT2D eigenvalue weighted by molar-refractivity contribution is 0.0997. The number of rotatable bonds is 12. The fraction of sp³-hybridized carbons (Fsp3) is 0.256. The van der Waals surface area contributed by atoms with E-state index in [-0.39, 0.29) is 33.7 Å². The molecule has 0 aliphatic carbocycles. The van der Waals surface area contributed by atoms with Gasteiger partial charge < -0.3 is 38.7 Å². The van der Waals surface area contributed by atoms with Crippen molar-refractivity contribution in [2.24, 2.45) is 0 Å². The highest BCUT2D eigenvalue weighted by molar-refractivity contribution is 6.12. The van der Waals surface area contributed by atoms with Crippen LogP contribution < -0.4 is 39.7 Å². The number of nitrogens with one attached hydrogen (secondary N) is 2. The van der Waals surface area contributed by atoms with Crippen molar-refractivity contribution < 1.29 is 37.7 Å². The summed E-state index contributed by atoms with van der Waals surface area (Å²) in [6.45, 7) is 2.65. The quantitative estimate of drug-likeness (QED) is 0.162. The van der Waals surface area contributed by atoms with Gasteiger partial charge in [-0.3, -0.25) is 19.3 Å². The molecule has 0 saturated heterocycles. The number of nitrogens with zero attached hydrogens (tertiary/aromatic N) is 1. The van der Waals surface area contributed by atoms with Crippen LogP contribution in [0, 0.1) is 0 Å². The molecule has 5 aromatic rings. The molecule has 2 heterocycles. The second-order valence-corrected chi connectivity index (χ2v) is 11.9. The van der Waals surface area contributed by atoms with Gasteiger partial charge in [-0.2, -0.15) is 0 Å². The lowest BCUT2D eigenvalue weighted by atomic mass is 9.98. The number of hydrogen-bond donors (Lipinski definition) is 2. The number of benzene rings is 4. The molecule has 0 fully saturated rings. The van der Waals surface area contributed by atoms with Crippen LogP contribution in [0.4, 0.5) is 11.4 Å². The van der Waals surface area contributed by atoms with Gasteiger partial charge in [-0.15, -0.1) is 0 Å². The van der Waals surface area contributed by atoms with E-state index in [1.54, 1.807) is 32.4 Å². The number of anilines is 2. The van der Waals surface area contributed by atoms with Gasteiger partial charge >= 0.3 is 0 Å². The summed E-state index contributed by atoms with van der Waals surface area (Å²) in [5.41, 5.74) is 4.18. The van der Waals surface area contributed by atoms with E-state index in [1.807, 2.05) is 24.3 Å². The Morgan fingerprint density at radius 3 is 2.06 bits per heavy atom. The first kappa shape index (κ1) is 34.8. The van der Waals surface area contributed by atoms with Crippen LogP contribution in [0.15, 0.2) is 82.0 Å². The van der Waals surface area contributed by atoms with Crippen molar-refractivity contribution in [1.29, 1.82) is 0 Å². The summed E-state index contributed by atoms with van der Waals surface area (Å²) in [6.07, 6.45) is 1.77. The molecule has 1 aliphatic heterocycles. The van der Waals surface area contributed by atoms with Crippen LogP contribution in [0.1, 0.15) is 37.6 Å². The van der Waals surface area contributed by atoms with Crippen LogP contribution >= 0.6 is 0 Å². The van der Waals surface area contributed by atoms with E-state index in [0.29, 0.717) is 17.2 Å². The Bertz CT molecular complexity index is 2140. The maximum absolute atomic E-state index is 13.7. The van der Waals surface area contributed by atoms with Gasteiger partial charge in [0.1, 0.15) is 16.7 Å². The standard InChI is InChI=1S/C39H39N3O9/c1-46-30-7-6-8-31-37(30)29(43)21-36(51-31)39(45)41-28-20-35(50-5)34(49-4)19-27(28)38(44)40-26-11-9-23(10-12-26)13-15-42-16-14-24-17-32(47-2)33(48-3)18-25(24)22-42/h6-12,17-21H,13-16,22H2,1-5H3,(H,40,44)(H,41,45). The van der Waals surface area contributed by atoms with Gasteiger partial charge in [-0.1, -0.05) is 18.2 Å². The molecule has 2 N–H and O–H groups in total. The first-order valence-corrected chi connectivity index (χ1v) is 16.3. The van der Waals surface area contributed by atoms with Crippen molar-refractivity contribution in [3.05, 3.63) is 111 Å². The summed E-state index contributed by atoms with van der Waals surface area (Å²) in [5, 5.41) is 5.82. The highest BCUT2D eigenvalue weighted by Crippen LogP contribution is 2.35. The van der Waals surface area contributed by atoms with Crippen LogP contribution in [0.5, 0.6) is 28.7 Å². The molecular weight excluding hydrogens is 654 g/mol. The first-order chi connectivity index (χ1) is 24.7. The van der Waals surface area contributed by atoms with E-state index in [9.17, 15) is 14.4 Å². The van der Waals surface area contributed by atoms with Gasteiger partial charge in [0, 0.05) is 37.5 Å². The molecule has 6 rings (SSSR count). The Balaban J connectivity index is 1.15. The fourth-order valence-corrected chi connectivity index (χ4v) is 6.19. The zero-order valence-electron chi connectivity index (χ0n) is 29.1. The minimum absolute atomic E-state index is 0.106. The predicted octanol–water partition coefficient (Wildman–Crippen LogP) is 5.94. The van der Waals surface area contributed by atoms with Crippen molar-refractivity contribution >= 4 is 34.2 Å². The minimum atomic E-state index is -0.737. The molecule has 0 bridgehead atoms. The Labute approximate surface area is 294 Å². The lowest BCUT2D eigenvalue weighted by Gasteiger charge is -2.29. The number of hydrogen-bond acceptors (Lipinski definition) is 10. The van der Waals surface area contributed by atoms with Crippen molar-refractivity contribution in [2.75, 3.05) is 59.3 Å². The zero-order valence-corrected chi connectivity index (χ0v) is 29.1. The van der Waals surface area contributed by atoms with Gasteiger partial charge in [0.05, 0.1) is 46.8 Å². The molecule has 0 unspecified atom stereocenters. The third-order valence-electron chi connectivity index (χ3n) is 8.90. The molecule has 12 nitrogen and oxygen atoms in total. The molecule has 0 saturated carbocycles. The second-order valence-electron chi connectivity index (χ2n) is 11.9. The van der Waals surface area contributed by atoms with Gasteiger partial charge in [-0.25, -0.2) is 0 Å². The zero-order chi connectivity index (χ0) is 36.1. The Morgan fingerprint density at radius 1 is 0.725 bits per heavy atom. The molecule has 4 aromatic carbocycles. The van der Waals surface area contributed by atoms with Gasteiger partial charge in [0.2, 0.25) is 0 Å². The van der Waals surface area contributed by atoms with Gasteiger partial charge in [0.15, 0.2) is 34.2 Å². The van der Waals surface area contributed by atoms with E-state index in [2.05, 4.69) is 27.7 Å². The van der Waals surface area contributed by atoms with E-state index < -0.39 is 17.2 Å². The molecule has 1 aliphatic rings. The monoisotopic (exact) mass is 693 g/mol. The Hall–Kier alpha value is -6.01. The van der Waals surface area contributed by atoms with E-state index in [1.165, 1.54) is 44.6 Å². The van der Waals surface area contributed by atoms with Crippen LogP contribution in [0.2, 0.25) is 0 Å². The summed E-state index contributed by atoms with van der Waals surface area (Å²) in [7, 11) is 7.64. The van der Waals surface area contributed by atoms with Crippen molar-refractivity contribution in [2.45, 2.75) is 19.4 Å². The summed E-state index contributed by atoms with van der Waals surface area (Å²) in [5.74, 6) is 0.913. The van der Waals surface area contributed by atoms with E-state index in [0.717, 1.165) is 55.6 Å².